The number of nitrogens with two attached hydrogens (primary N) is 1. The van der Waals surface area contributed by atoms with Crippen LogP contribution >= 0.6 is 0 Å². The minimum absolute atomic E-state index is 0.283. The van der Waals surface area contributed by atoms with Gasteiger partial charge < -0.3 is 5.73 Å². The molecule has 0 saturated carbocycles. The van der Waals surface area contributed by atoms with Crippen molar-refractivity contribution in [2.75, 3.05) is 0 Å². The Hall–Kier alpha value is -2.61. The van der Waals surface area contributed by atoms with Crippen LogP contribution in [0.4, 0.5) is 0 Å². The Morgan fingerprint density at radius 1 is 1.16 bits per heavy atom. The van der Waals surface area contributed by atoms with Gasteiger partial charge in [-0.25, -0.2) is 0 Å². The fourth-order valence-electron chi connectivity index (χ4n) is 2.31. The molecule has 0 aliphatic carbocycles. The van der Waals surface area contributed by atoms with E-state index in [0.29, 0.717) is 18.8 Å². The van der Waals surface area contributed by atoms with Crippen LogP contribution in [-0.4, -0.2) is 5.84 Å². The molecule has 0 radical (unpaired) electrons. The molecule has 25 heavy (non-hydrogen) atoms. The summed E-state index contributed by atoms with van der Waals surface area (Å²) in [5.41, 5.74) is 9.49. The first-order valence-corrected chi connectivity index (χ1v) is 8.77. The zero-order chi connectivity index (χ0) is 18.5. The van der Waals surface area contributed by atoms with Crippen molar-refractivity contribution in [3.05, 3.63) is 91.1 Å². The molecule has 2 heteroatoms. The van der Waals surface area contributed by atoms with E-state index in [1.165, 1.54) is 11.1 Å². The second-order valence-corrected chi connectivity index (χ2v) is 5.86. The first kappa shape index (κ1) is 20.4. The molecule has 2 nitrogen and oxygen atoms in total. The molecule has 0 fully saturated rings. The van der Waals surface area contributed by atoms with E-state index in [2.05, 4.69) is 62.3 Å². The summed E-state index contributed by atoms with van der Waals surface area (Å²) < 4.78 is 0. The monoisotopic (exact) mass is 334 g/mol. The summed E-state index contributed by atoms with van der Waals surface area (Å²) in [6, 6.07) is 8.43. The number of hydrogen-bond donors (Lipinski definition) is 1. The number of amidine groups is 1. The van der Waals surface area contributed by atoms with E-state index in [0.717, 1.165) is 12.0 Å². The standard InChI is InChI=1S/C23H30N2/c1-5-8-9-10-11-13-23(24)25-18-20-14-16-21(17-15-20)22(12-6-2)19(4)7-3/h6-12,14-17,19H,2-3,5,13,18H2,1,4H3,(H2,24,25)/b9-8-,11-10-,22-12+/t19-/m1/s1. The van der Waals surface area contributed by atoms with Crippen molar-refractivity contribution in [3.63, 3.8) is 0 Å². The topological polar surface area (TPSA) is 38.4 Å². The SMILES string of the molecule is C=C/C=C(/c1ccc(CN=C(N)C/C=C\C=C/CC)cc1)[C@H](C)C=C. The molecule has 0 aromatic heterocycles. The van der Waals surface area contributed by atoms with Gasteiger partial charge in [-0.2, -0.15) is 0 Å². The van der Waals surface area contributed by atoms with E-state index in [-0.39, 0.29) is 5.92 Å². The third kappa shape index (κ3) is 7.67. The first-order valence-electron chi connectivity index (χ1n) is 8.77. The van der Waals surface area contributed by atoms with Gasteiger partial charge in [-0.15, -0.1) is 6.58 Å². The van der Waals surface area contributed by atoms with E-state index in [1.807, 2.05) is 36.5 Å². The van der Waals surface area contributed by atoms with Crippen LogP contribution in [0.25, 0.3) is 5.57 Å². The smallest absolute Gasteiger partial charge is 0.0979 e. The molecule has 0 spiro atoms. The van der Waals surface area contributed by atoms with Crippen LogP contribution in [0.3, 0.4) is 0 Å². The highest BCUT2D eigenvalue weighted by atomic mass is 14.8. The van der Waals surface area contributed by atoms with Crippen LogP contribution in [0.5, 0.6) is 0 Å². The van der Waals surface area contributed by atoms with Gasteiger partial charge >= 0.3 is 0 Å². The van der Waals surface area contributed by atoms with Crippen LogP contribution < -0.4 is 5.73 Å². The minimum Gasteiger partial charge on any atom is -0.387 e. The molecule has 0 heterocycles. The fourth-order valence-corrected chi connectivity index (χ4v) is 2.31. The summed E-state index contributed by atoms with van der Waals surface area (Å²) >= 11 is 0. The highest BCUT2D eigenvalue weighted by molar-refractivity contribution is 5.81. The van der Waals surface area contributed by atoms with E-state index in [9.17, 15) is 0 Å². The van der Waals surface area contributed by atoms with E-state index >= 15 is 0 Å². The minimum atomic E-state index is 0.283. The van der Waals surface area contributed by atoms with Crippen molar-refractivity contribution in [1.82, 2.24) is 0 Å². The van der Waals surface area contributed by atoms with Crippen LogP contribution in [0.2, 0.25) is 0 Å². The van der Waals surface area contributed by atoms with Gasteiger partial charge in [0.15, 0.2) is 0 Å². The highest BCUT2D eigenvalue weighted by Gasteiger charge is 2.07. The summed E-state index contributed by atoms with van der Waals surface area (Å²) in [7, 11) is 0. The Bertz CT molecular complexity index is 658. The largest absolute Gasteiger partial charge is 0.387 e. The molecular formula is C23H30N2. The Balaban J connectivity index is 2.70. The molecule has 0 aliphatic heterocycles. The Kier molecular flexibility index (Phi) is 9.69. The van der Waals surface area contributed by atoms with Gasteiger partial charge in [-0.05, 0) is 29.0 Å². The van der Waals surface area contributed by atoms with Crippen molar-refractivity contribution in [2.24, 2.45) is 16.6 Å². The molecule has 1 aromatic rings. The number of nitrogens with zero attached hydrogens (tertiary/aromatic N) is 1. The molecule has 0 amide bonds. The quantitative estimate of drug-likeness (QED) is 0.248. The molecule has 132 valence electrons. The van der Waals surface area contributed by atoms with Crippen LogP contribution in [0, 0.1) is 5.92 Å². The highest BCUT2D eigenvalue weighted by Crippen LogP contribution is 2.24. The molecule has 0 bridgehead atoms. The zero-order valence-corrected chi connectivity index (χ0v) is 15.5. The Morgan fingerprint density at radius 3 is 2.44 bits per heavy atom. The number of aliphatic imine (C=N–C) groups is 1. The lowest BCUT2D eigenvalue weighted by Gasteiger charge is -2.12. The molecule has 1 atom stereocenters. The first-order chi connectivity index (χ1) is 12.1. The maximum absolute atomic E-state index is 5.96. The maximum atomic E-state index is 5.96. The molecule has 0 unspecified atom stereocenters. The Labute approximate surface area is 152 Å². The van der Waals surface area contributed by atoms with Crippen molar-refractivity contribution < 1.29 is 0 Å². The van der Waals surface area contributed by atoms with Gasteiger partial charge in [-0.1, -0.05) is 87.2 Å². The van der Waals surface area contributed by atoms with Gasteiger partial charge in [0.05, 0.1) is 12.4 Å². The number of hydrogen-bond acceptors (Lipinski definition) is 1. The molecule has 1 aromatic carbocycles. The maximum Gasteiger partial charge on any atom is 0.0979 e. The second-order valence-electron chi connectivity index (χ2n) is 5.86. The normalized spacial score (nSPS) is 14.2. The van der Waals surface area contributed by atoms with E-state index in [4.69, 9.17) is 5.73 Å². The molecular weight excluding hydrogens is 304 g/mol. The molecule has 2 N–H and O–H groups in total. The number of rotatable bonds is 10. The summed E-state index contributed by atoms with van der Waals surface area (Å²) in [5, 5.41) is 0. The summed E-state index contributed by atoms with van der Waals surface area (Å²) in [4.78, 5) is 4.45. The average molecular weight is 335 g/mol. The molecule has 0 aliphatic rings. The lowest BCUT2D eigenvalue weighted by Crippen LogP contribution is -2.10. The summed E-state index contributed by atoms with van der Waals surface area (Å²) in [6.45, 7) is 12.5. The van der Waals surface area contributed by atoms with Crippen LogP contribution in [0.1, 0.15) is 37.8 Å². The summed E-state index contributed by atoms with van der Waals surface area (Å²) in [5.74, 6) is 0.934. The van der Waals surface area contributed by atoms with Crippen molar-refractivity contribution >= 4 is 11.4 Å². The number of benzene rings is 1. The third-order valence-electron chi connectivity index (χ3n) is 3.84. The zero-order valence-electron chi connectivity index (χ0n) is 15.5. The van der Waals surface area contributed by atoms with Crippen molar-refractivity contribution in [2.45, 2.75) is 33.2 Å². The van der Waals surface area contributed by atoms with Gasteiger partial charge in [0.1, 0.15) is 0 Å². The van der Waals surface area contributed by atoms with Gasteiger partial charge in [-0.3, -0.25) is 4.99 Å². The van der Waals surface area contributed by atoms with Gasteiger partial charge in [0.25, 0.3) is 0 Å². The van der Waals surface area contributed by atoms with Crippen molar-refractivity contribution in [3.8, 4) is 0 Å². The second kappa shape index (κ2) is 11.9. The van der Waals surface area contributed by atoms with Gasteiger partial charge in [0, 0.05) is 6.42 Å². The summed E-state index contributed by atoms with van der Waals surface area (Å²) in [6.07, 6.45) is 15.7. The predicted octanol–water partition coefficient (Wildman–Crippen LogP) is 5.85. The predicted molar refractivity (Wildman–Crippen MR) is 112 cm³/mol. The molecule has 0 saturated heterocycles. The lowest BCUT2D eigenvalue weighted by molar-refractivity contribution is 0.967. The van der Waals surface area contributed by atoms with Gasteiger partial charge in [0.2, 0.25) is 0 Å². The van der Waals surface area contributed by atoms with Crippen molar-refractivity contribution in [1.29, 1.82) is 0 Å². The average Bonchev–Trinajstić information content (AvgIpc) is 2.64. The third-order valence-corrected chi connectivity index (χ3v) is 3.84. The fraction of sp³-hybridized carbons (Fsp3) is 0.261. The number of allylic oxidation sites excluding steroid dienone is 7. The molecule has 1 rings (SSSR count). The van der Waals surface area contributed by atoms with E-state index in [1.54, 1.807) is 0 Å². The lowest BCUT2D eigenvalue weighted by atomic mass is 9.93. The van der Waals surface area contributed by atoms with E-state index < -0.39 is 0 Å². The van der Waals surface area contributed by atoms with Crippen LogP contribution in [-0.2, 0) is 6.54 Å². The van der Waals surface area contributed by atoms with Crippen LogP contribution in [0.15, 0.2) is 84.9 Å². The Morgan fingerprint density at radius 2 is 1.84 bits per heavy atom.